The van der Waals surface area contributed by atoms with E-state index in [1.807, 2.05) is 18.2 Å². The Bertz CT molecular complexity index is 696. The van der Waals surface area contributed by atoms with E-state index in [1.54, 1.807) is 0 Å². The Morgan fingerprint density at radius 3 is 2.75 bits per heavy atom. The average Bonchev–Trinajstić information content (AvgIpc) is 2.59. The van der Waals surface area contributed by atoms with Gasteiger partial charge in [-0.15, -0.1) is 0 Å². The van der Waals surface area contributed by atoms with Crippen LogP contribution in [0.3, 0.4) is 0 Å². The number of fused-ring (bicyclic) bond motifs is 1. The van der Waals surface area contributed by atoms with Crippen molar-refractivity contribution in [2.24, 2.45) is 0 Å². The number of benzene rings is 2. The van der Waals surface area contributed by atoms with Gasteiger partial charge in [0.25, 0.3) is 0 Å². The smallest absolute Gasteiger partial charge is 0.220 e. The van der Waals surface area contributed by atoms with E-state index in [-0.39, 0.29) is 5.91 Å². The van der Waals surface area contributed by atoms with Crippen LogP contribution in [0.25, 0.3) is 0 Å². The van der Waals surface area contributed by atoms with Crippen LogP contribution >= 0.6 is 0 Å². The molecular weight excluding hydrogens is 296 g/mol. The predicted octanol–water partition coefficient (Wildman–Crippen LogP) is 3.10. The van der Waals surface area contributed by atoms with Crippen molar-refractivity contribution in [2.45, 2.75) is 38.8 Å². The molecule has 3 heteroatoms. The standard InChI is InChI=1S/C21H26N2O/c1-16-8-10-18-15-23(2)20(13-19(18)12-16)14-22-21(24)11-9-17-6-4-3-5-7-17/h3-8,10,12,20H,9,11,13-15H2,1-2H3,(H,22,24)/t20-/m1/s1. The van der Waals surface area contributed by atoms with Crippen molar-refractivity contribution < 1.29 is 4.79 Å². The Morgan fingerprint density at radius 1 is 1.17 bits per heavy atom. The van der Waals surface area contributed by atoms with Gasteiger partial charge in [-0.05, 0) is 43.5 Å². The Morgan fingerprint density at radius 2 is 1.96 bits per heavy atom. The minimum absolute atomic E-state index is 0.141. The highest BCUT2D eigenvalue weighted by Crippen LogP contribution is 2.23. The quantitative estimate of drug-likeness (QED) is 0.917. The monoisotopic (exact) mass is 322 g/mol. The van der Waals surface area contributed by atoms with Gasteiger partial charge in [0.2, 0.25) is 5.91 Å². The summed E-state index contributed by atoms with van der Waals surface area (Å²) in [5.74, 6) is 0.141. The van der Waals surface area contributed by atoms with Crippen molar-refractivity contribution in [1.29, 1.82) is 0 Å². The lowest BCUT2D eigenvalue weighted by Gasteiger charge is -2.34. The lowest BCUT2D eigenvalue weighted by Crippen LogP contribution is -2.45. The lowest BCUT2D eigenvalue weighted by atomic mass is 9.93. The van der Waals surface area contributed by atoms with Gasteiger partial charge in [0.05, 0.1) is 0 Å². The third-order valence-electron chi connectivity index (χ3n) is 4.88. The number of nitrogens with zero attached hydrogens (tertiary/aromatic N) is 1. The van der Waals surface area contributed by atoms with Crippen molar-refractivity contribution in [3.8, 4) is 0 Å². The van der Waals surface area contributed by atoms with E-state index in [2.05, 4.69) is 54.5 Å². The minimum Gasteiger partial charge on any atom is -0.355 e. The Hall–Kier alpha value is -2.13. The maximum atomic E-state index is 12.1. The van der Waals surface area contributed by atoms with E-state index in [0.29, 0.717) is 12.5 Å². The van der Waals surface area contributed by atoms with Gasteiger partial charge < -0.3 is 5.32 Å². The topological polar surface area (TPSA) is 32.3 Å². The average molecular weight is 322 g/mol. The summed E-state index contributed by atoms with van der Waals surface area (Å²) in [5.41, 5.74) is 5.36. The molecule has 3 nitrogen and oxygen atoms in total. The van der Waals surface area contributed by atoms with E-state index in [1.165, 1.54) is 22.3 Å². The fraction of sp³-hybridized carbons (Fsp3) is 0.381. The Labute approximate surface area is 144 Å². The molecule has 0 unspecified atom stereocenters. The van der Waals surface area contributed by atoms with Crippen LogP contribution in [0.1, 0.15) is 28.7 Å². The van der Waals surface area contributed by atoms with Crippen LogP contribution in [0, 0.1) is 6.92 Å². The maximum Gasteiger partial charge on any atom is 0.220 e. The summed E-state index contributed by atoms with van der Waals surface area (Å²) in [4.78, 5) is 14.5. The number of rotatable bonds is 5. The SMILES string of the molecule is Cc1ccc2c(c1)C[C@H](CNC(=O)CCc1ccccc1)N(C)C2. The first-order valence-corrected chi connectivity index (χ1v) is 8.71. The minimum atomic E-state index is 0.141. The molecule has 0 saturated carbocycles. The highest BCUT2D eigenvalue weighted by molar-refractivity contribution is 5.76. The molecule has 0 bridgehead atoms. The van der Waals surface area contributed by atoms with Gasteiger partial charge in [-0.3, -0.25) is 9.69 Å². The van der Waals surface area contributed by atoms with Gasteiger partial charge >= 0.3 is 0 Å². The Balaban J connectivity index is 1.50. The molecule has 1 aliphatic heterocycles. The number of nitrogens with one attached hydrogen (secondary N) is 1. The van der Waals surface area contributed by atoms with Crippen molar-refractivity contribution in [3.63, 3.8) is 0 Å². The fourth-order valence-electron chi connectivity index (χ4n) is 3.36. The summed E-state index contributed by atoms with van der Waals surface area (Å²) in [7, 11) is 2.14. The van der Waals surface area contributed by atoms with Crippen molar-refractivity contribution >= 4 is 5.91 Å². The number of carbonyl (C=O) groups excluding carboxylic acids is 1. The molecule has 0 aliphatic carbocycles. The van der Waals surface area contributed by atoms with Crippen LogP contribution in [-0.2, 0) is 24.2 Å². The molecule has 0 aromatic heterocycles. The summed E-state index contributed by atoms with van der Waals surface area (Å²) >= 11 is 0. The van der Waals surface area contributed by atoms with Gasteiger partial charge in [-0.2, -0.15) is 0 Å². The summed E-state index contributed by atoms with van der Waals surface area (Å²) < 4.78 is 0. The first kappa shape index (κ1) is 16.7. The number of aryl methyl sites for hydroxylation is 2. The first-order valence-electron chi connectivity index (χ1n) is 8.71. The molecule has 1 amide bonds. The lowest BCUT2D eigenvalue weighted by molar-refractivity contribution is -0.121. The van der Waals surface area contributed by atoms with E-state index in [0.717, 1.165) is 25.9 Å². The second-order valence-electron chi connectivity index (χ2n) is 6.83. The van der Waals surface area contributed by atoms with E-state index in [9.17, 15) is 4.79 Å². The molecule has 0 radical (unpaired) electrons. The van der Waals surface area contributed by atoms with Crippen molar-refractivity contribution in [3.05, 3.63) is 70.8 Å². The predicted molar refractivity (Wildman–Crippen MR) is 97.9 cm³/mol. The molecule has 3 rings (SSSR count). The molecule has 24 heavy (non-hydrogen) atoms. The van der Waals surface area contributed by atoms with Gasteiger partial charge in [0, 0.05) is 25.6 Å². The second kappa shape index (κ2) is 7.63. The van der Waals surface area contributed by atoms with Crippen LogP contribution in [-0.4, -0.2) is 30.4 Å². The Kier molecular flexibility index (Phi) is 5.31. The van der Waals surface area contributed by atoms with E-state index in [4.69, 9.17) is 0 Å². The molecule has 1 atom stereocenters. The molecular formula is C21H26N2O. The van der Waals surface area contributed by atoms with Gasteiger partial charge in [0.1, 0.15) is 0 Å². The maximum absolute atomic E-state index is 12.1. The summed E-state index contributed by atoms with van der Waals surface area (Å²) in [6.45, 7) is 3.82. The van der Waals surface area contributed by atoms with Crippen LogP contribution < -0.4 is 5.32 Å². The van der Waals surface area contributed by atoms with Crippen LogP contribution in [0.5, 0.6) is 0 Å². The zero-order valence-corrected chi connectivity index (χ0v) is 14.6. The number of amides is 1. The normalized spacial score (nSPS) is 17.3. The number of hydrogen-bond acceptors (Lipinski definition) is 2. The highest BCUT2D eigenvalue weighted by Gasteiger charge is 2.23. The largest absolute Gasteiger partial charge is 0.355 e. The molecule has 0 saturated heterocycles. The third kappa shape index (κ3) is 4.24. The second-order valence-corrected chi connectivity index (χ2v) is 6.83. The molecule has 0 spiro atoms. The molecule has 1 heterocycles. The number of hydrogen-bond donors (Lipinski definition) is 1. The van der Waals surface area contributed by atoms with Crippen LogP contribution in [0.15, 0.2) is 48.5 Å². The first-order chi connectivity index (χ1) is 11.6. The molecule has 126 valence electrons. The van der Waals surface area contributed by atoms with Crippen molar-refractivity contribution in [2.75, 3.05) is 13.6 Å². The molecule has 1 aliphatic rings. The van der Waals surface area contributed by atoms with Gasteiger partial charge in [-0.1, -0.05) is 54.1 Å². The van der Waals surface area contributed by atoms with Crippen LogP contribution in [0.2, 0.25) is 0 Å². The molecule has 0 fully saturated rings. The summed E-state index contributed by atoms with van der Waals surface area (Å²) in [6, 6.07) is 17.2. The van der Waals surface area contributed by atoms with Crippen LogP contribution in [0.4, 0.5) is 0 Å². The van der Waals surface area contributed by atoms with E-state index < -0.39 is 0 Å². The van der Waals surface area contributed by atoms with Gasteiger partial charge in [-0.25, -0.2) is 0 Å². The third-order valence-corrected chi connectivity index (χ3v) is 4.88. The zero-order chi connectivity index (χ0) is 16.9. The van der Waals surface area contributed by atoms with E-state index >= 15 is 0 Å². The number of carbonyl (C=O) groups is 1. The molecule has 2 aromatic carbocycles. The number of likely N-dealkylation sites (N-methyl/N-ethyl adjacent to an activating group) is 1. The van der Waals surface area contributed by atoms with Gasteiger partial charge in [0.15, 0.2) is 0 Å². The fourth-order valence-corrected chi connectivity index (χ4v) is 3.36. The zero-order valence-electron chi connectivity index (χ0n) is 14.6. The molecule has 2 aromatic rings. The van der Waals surface area contributed by atoms with Crippen molar-refractivity contribution in [1.82, 2.24) is 10.2 Å². The summed E-state index contributed by atoms with van der Waals surface area (Å²) in [5, 5.41) is 3.12. The summed E-state index contributed by atoms with van der Waals surface area (Å²) in [6.07, 6.45) is 2.36. The highest BCUT2D eigenvalue weighted by atomic mass is 16.1. The molecule has 1 N–H and O–H groups in total.